The highest BCUT2D eigenvalue weighted by molar-refractivity contribution is 7.94. The number of thiophene rings is 1. The van der Waals surface area contributed by atoms with Gasteiger partial charge in [-0.1, -0.05) is 34.5 Å². The molecule has 0 spiro atoms. The summed E-state index contributed by atoms with van der Waals surface area (Å²) in [5.41, 5.74) is 0.223. The lowest BCUT2D eigenvalue weighted by Gasteiger charge is -2.06. The smallest absolute Gasteiger partial charge is 0.271 e. The molecule has 0 aliphatic carbocycles. The molecule has 0 radical (unpaired) electrons. The van der Waals surface area contributed by atoms with Gasteiger partial charge in [0.25, 0.3) is 10.0 Å². The Bertz CT molecular complexity index is 665. The van der Waals surface area contributed by atoms with Gasteiger partial charge in [0, 0.05) is 10.0 Å². The number of hydrogen-bond donors (Lipinski definition) is 1. The van der Waals surface area contributed by atoms with E-state index in [1.54, 1.807) is 0 Å². The molecule has 0 aliphatic rings. The zero-order valence-corrected chi connectivity index (χ0v) is 11.8. The first kappa shape index (κ1) is 13.6. The molecule has 0 saturated heterocycles. The molecule has 0 amide bonds. The summed E-state index contributed by atoms with van der Waals surface area (Å²) in [5.74, 6) is 0. The summed E-state index contributed by atoms with van der Waals surface area (Å²) in [6.07, 6.45) is 0. The Morgan fingerprint density at radius 3 is 2.22 bits per heavy atom. The molecule has 1 heterocycles. The van der Waals surface area contributed by atoms with Gasteiger partial charge in [0.1, 0.15) is 4.21 Å². The number of hydrogen-bond acceptors (Lipinski definition) is 3. The van der Waals surface area contributed by atoms with E-state index in [-0.39, 0.29) is 9.90 Å². The molecule has 96 valence electrons. The van der Waals surface area contributed by atoms with Crippen LogP contribution in [0.5, 0.6) is 0 Å². The van der Waals surface area contributed by atoms with E-state index in [0.29, 0.717) is 21.4 Å². The summed E-state index contributed by atoms with van der Waals surface area (Å²) in [6, 6.07) is 6.58. The number of halogens is 3. The Kier molecular flexibility index (Phi) is 3.82. The van der Waals surface area contributed by atoms with E-state index in [0.717, 1.165) is 6.07 Å². The van der Waals surface area contributed by atoms with Crippen molar-refractivity contribution >= 4 is 50.2 Å². The van der Waals surface area contributed by atoms with Gasteiger partial charge in [-0.05, 0) is 30.3 Å². The second-order valence-corrected chi connectivity index (χ2v) is 7.14. The lowest BCUT2D eigenvalue weighted by molar-refractivity contribution is 0.603. The highest BCUT2D eigenvalue weighted by atomic mass is 35.5. The summed E-state index contributed by atoms with van der Waals surface area (Å²) in [4.78, 5) is 0. The maximum atomic E-state index is 12.8. The van der Waals surface area contributed by atoms with Crippen molar-refractivity contribution in [1.29, 1.82) is 0 Å². The number of rotatable bonds is 3. The monoisotopic (exact) mass is 325 g/mol. The van der Waals surface area contributed by atoms with E-state index in [2.05, 4.69) is 4.72 Å². The van der Waals surface area contributed by atoms with Crippen LogP contribution in [0.25, 0.3) is 0 Å². The van der Waals surface area contributed by atoms with Gasteiger partial charge in [-0.15, -0.1) is 0 Å². The van der Waals surface area contributed by atoms with Gasteiger partial charge in [0.15, 0.2) is 5.13 Å². The first-order valence-corrected chi connectivity index (χ1v) is 7.67. The van der Waals surface area contributed by atoms with Gasteiger partial charge in [-0.25, -0.2) is 8.42 Å². The molecule has 3 nitrogen and oxygen atoms in total. The fourth-order valence-corrected chi connectivity index (χ4v) is 3.83. The Morgan fingerprint density at radius 2 is 1.72 bits per heavy atom. The molecule has 2 rings (SSSR count). The second-order valence-electron chi connectivity index (χ2n) is 3.32. The van der Waals surface area contributed by atoms with Crippen molar-refractivity contribution in [2.75, 3.05) is 4.72 Å². The van der Waals surface area contributed by atoms with Crippen LogP contribution in [0.4, 0.5) is 10.1 Å². The molecule has 18 heavy (non-hydrogen) atoms. The van der Waals surface area contributed by atoms with Crippen molar-refractivity contribution in [1.82, 2.24) is 0 Å². The van der Waals surface area contributed by atoms with Gasteiger partial charge in [0.2, 0.25) is 0 Å². The Hall–Kier alpha value is -0.820. The van der Waals surface area contributed by atoms with Crippen LogP contribution in [0.15, 0.2) is 34.5 Å². The molecule has 0 saturated carbocycles. The largest absolute Gasteiger partial charge is 0.279 e. The zero-order chi connectivity index (χ0) is 13.3. The summed E-state index contributed by atoms with van der Waals surface area (Å²) in [7, 11) is -3.81. The second kappa shape index (κ2) is 5.05. The average molecular weight is 326 g/mol. The molecule has 0 bridgehead atoms. The Morgan fingerprint density at radius 1 is 1.11 bits per heavy atom. The normalized spacial score (nSPS) is 11.5. The maximum absolute atomic E-state index is 12.8. The minimum atomic E-state index is -3.81. The molecule has 0 atom stereocenters. The van der Waals surface area contributed by atoms with E-state index in [1.165, 1.54) is 24.3 Å². The number of sulfonamides is 1. The third-order valence-electron chi connectivity index (χ3n) is 1.93. The predicted octanol–water partition coefficient (Wildman–Crippen LogP) is 3.99. The first-order chi connectivity index (χ1) is 8.37. The van der Waals surface area contributed by atoms with Crippen molar-refractivity contribution in [3.05, 3.63) is 45.5 Å². The molecular weight excluding hydrogens is 320 g/mol. The molecule has 0 unspecified atom stereocenters. The van der Waals surface area contributed by atoms with Crippen LogP contribution in [0, 0.1) is 5.13 Å². The average Bonchev–Trinajstić information content (AvgIpc) is 2.62. The summed E-state index contributed by atoms with van der Waals surface area (Å²) in [6.45, 7) is 0. The molecule has 0 fully saturated rings. The van der Waals surface area contributed by atoms with Crippen LogP contribution in [0.1, 0.15) is 0 Å². The number of benzene rings is 1. The van der Waals surface area contributed by atoms with Crippen molar-refractivity contribution in [2.24, 2.45) is 0 Å². The van der Waals surface area contributed by atoms with Gasteiger partial charge < -0.3 is 0 Å². The Labute approximate surface area is 117 Å². The minimum Gasteiger partial charge on any atom is -0.279 e. The van der Waals surface area contributed by atoms with E-state index < -0.39 is 15.2 Å². The van der Waals surface area contributed by atoms with Crippen molar-refractivity contribution in [2.45, 2.75) is 4.21 Å². The van der Waals surface area contributed by atoms with Crippen LogP contribution in [0.2, 0.25) is 10.0 Å². The van der Waals surface area contributed by atoms with Gasteiger partial charge in [0.05, 0.1) is 5.69 Å². The third-order valence-corrected chi connectivity index (χ3v) is 5.11. The van der Waals surface area contributed by atoms with E-state index >= 15 is 0 Å². The van der Waals surface area contributed by atoms with Crippen LogP contribution in [0.3, 0.4) is 0 Å². The molecule has 1 aromatic carbocycles. The van der Waals surface area contributed by atoms with Crippen LogP contribution in [-0.2, 0) is 10.0 Å². The summed E-state index contributed by atoms with van der Waals surface area (Å²) >= 11 is 12.0. The van der Waals surface area contributed by atoms with Crippen molar-refractivity contribution in [3.63, 3.8) is 0 Å². The van der Waals surface area contributed by atoms with Gasteiger partial charge >= 0.3 is 0 Å². The fourth-order valence-electron chi connectivity index (χ4n) is 1.26. The highest BCUT2D eigenvalue weighted by Gasteiger charge is 2.17. The molecule has 1 N–H and O–H groups in total. The molecular formula is C10H6Cl2FNO2S2. The fraction of sp³-hybridized carbons (Fsp3) is 0. The molecule has 1 aromatic heterocycles. The molecule has 8 heteroatoms. The van der Waals surface area contributed by atoms with Crippen LogP contribution >= 0.6 is 34.5 Å². The first-order valence-electron chi connectivity index (χ1n) is 4.61. The lowest BCUT2D eigenvalue weighted by Crippen LogP contribution is -2.11. The summed E-state index contributed by atoms with van der Waals surface area (Å²) < 4.78 is 38.7. The number of anilines is 1. The van der Waals surface area contributed by atoms with E-state index in [1.807, 2.05) is 0 Å². The van der Waals surface area contributed by atoms with Gasteiger partial charge in [-0.3, -0.25) is 4.72 Å². The maximum Gasteiger partial charge on any atom is 0.271 e. The van der Waals surface area contributed by atoms with E-state index in [9.17, 15) is 12.8 Å². The standard InChI is InChI=1S/C10H6Cl2FNO2S2/c11-6-3-7(12)5-8(4-6)14-18(15,16)10-2-1-9(13)17-10/h1-5,14H. The van der Waals surface area contributed by atoms with Crippen molar-refractivity contribution < 1.29 is 12.8 Å². The third kappa shape index (κ3) is 3.14. The van der Waals surface area contributed by atoms with Crippen LogP contribution < -0.4 is 4.72 Å². The molecule has 2 aromatic rings. The zero-order valence-electron chi connectivity index (χ0n) is 8.65. The van der Waals surface area contributed by atoms with Crippen LogP contribution in [-0.4, -0.2) is 8.42 Å². The number of nitrogens with one attached hydrogen (secondary N) is 1. The highest BCUT2D eigenvalue weighted by Crippen LogP contribution is 2.26. The van der Waals surface area contributed by atoms with E-state index in [4.69, 9.17) is 23.2 Å². The predicted molar refractivity (Wildman–Crippen MR) is 71.5 cm³/mol. The van der Waals surface area contributed by atoms with Crippen molar-refractivity contribution in [3.8, 4) is 0 Å². The summed E-state index contributed by atoms with van der Waals surface area (Å²) in [5, 5.41) is 0.0367. The quantitative estimate of drug-likeness (QED) is 0.927. The Balaban J connectivity index is 2.33. The topological polar surface area (TPSA) is 46.2 Å². The van der Waals surface area contributed by atoms with Gasteiger partial charge in [-0.2, -0.15) is 4.39 Å². The lowest BCUT2D eigenvalue weighted by atomic mass is 10.3. The SMILES string of the molecule is O=S(=O)(Nc1cc(Cl)cc(Cl)c1)c1ccc(F)s1. The minimum absolute atomic E-state index is 0.115. The molecule has 0 aliphatic heterocycles.